The number of para-hydroxylation sites is 1. The van der Waals surface area contributed by atoms with Crippen LogP contribution in [0, 0.1) is 0 Å². The van der Waals surface area contributed by atoms with Crippen molar-refractivity contribution < 1.29 is 13.2 Å². The van der Waals surface area contributed by atoms with Gasteiger partial charge in [0.25, 0.3) is 5.56 Å². The third kappa shape index (κ3) is 3.15. The van der Waals surface area contributed by atoms with E-state index in [0.29, 0.717) is 22.4 Å². The molecule has 0 aliphatic carbocycles. The van der Waals surface area contributed by atoms with Gasteiger partial charge in [-0.3, -0.25) is 9.36 Å². The van der Waals surface area contributed by atoms with Crippen LogP contribution < -0.4 is 10.9 Å². The zero-order chi connectivity index (χ0) is 18.2. The molecule has 0 aliphatic rings. The van der Waals surface area contributed by atoms with Gasteiger partial charge in [-0.1, -0.05) is 12.1 Å². The average molecular weight is 347 g/mol. The molecule has 3 rings (SSSR count). The molecule has 130 valence electrons. The summed E-state index contributed by atoms with van der Waals surface area (Å²) in [7, 11) is 1.73. The van der Waals surface area contributed by atoms with Crippen LogP contribution in [0.5, 0.6) is 0 Å². The summed E-state index contributed by atoms with van der Waals surface area (Å²) in [4.78, 5) is 17.5. The van der Waals surface area contributed by atoms with Crippen molar-refractivity contribution in [3.05, 3.63) is 70.3 Å². The smallest absolute Gasteiger partial charge is 0.311 e. The van der Waals surface area contributed by atoms with Crippen LogP contribution in [0.1, 0.15) is 24.4 Å². The van der Waals surface area contributed by atoms with Gasteiger partial charge in [-0.15, -0.1) is 0 Å². The van der Waals surface area contributed by atoms with Crippen molar-refractivity contribution in [3.63, 3.8) is 0 Å². The molecule has 1 aromatic heterocycles. The first kappa shape index (κ1) is 17.2. The number of aromatic nitrogens is 2. The number of hydrogen-bond donors (Lipinski definition) is 1. The summed E-state index contributed by atoms with van der Waals surface area (Å²) in [5.41, 5.74) is -0.190. The highest BCUT2D eigenvalue weighted by Crippen LogP contribution is 2.29. The lowest BCUT2D eigenvalue weighted by atomic mass is 10.1. The van der Waals surface area contributed by atoms with Crippen LogP contribution >= 0.6 is 0 Å². The Hall–Kier alpha value is -2.67. The van der Waals surface area contributed by atoms with Crippen molar-refractivity contribution in [1.29, 1.82) is 0 Å². The summed E-state index contributed by atoms with van der Waals surface area (Å²) in [6.07, 6.45) is -4.42. The zero-order valence-electron chi connectivity index (χ0n) is 13.6. The molecule has 0 saturated heterocycles. The first-order valence-corrected chi connectivity index (χ1v) is 7.69. The lowest BCUT2D eigenvalue weighted by Crippen LogP contribution is -2.28. The van der Waals surface area contributed by atoms with Gasteiger partial charge in [-0.25, -0.2) is 4.98 Å². The predicted octanol–water partition coefficient (Wildman–Crippen LogP) is 3.68. The van der Waals surface area contributed by atoms with Gasteiger partial charge >= 0.3 is 6.18 Å². The molecular weight excluding hydrogens is 331 g/mol. The summed E-state index contributed by atoms with van der Waals surface area (Å²) >= 11 is 0. The molecule has 0 fully saturated rings. The van der Waals surface area contributed by atoms with Crippen LogP contribution in [0.15, 0.2) is 53.3 Å². The molecule has 0 saturated carbocycles. The number of alkyl halides is 3. The average Bonchev–Trinajstić information content (AvgIpc) is 2.60. The SMILES string of the molecule is CNC(C)c1nc2ccccc2c(=O)n1-c1ccc(C(F)(F)F)cc1. The second-order valence-electron chi connectivity index (χ2n) is 5.68. The Kier molecular flexibility index (Phi) is 4.34. The van der Waals surface area contributed by atoms with Gasteiger partial charge in [-0.05, 0) is 50.4 Å². The lowest BCUT2D eigenvalue weighted by Gasteiger charge is -2.18. The van der Waals surface area contributed by atoms with Crippen molar-refractivity contribution >= 4 is 10.9 Å². The molecule has 25 heavy (non-hydrogen) atoms. The van der Waals surface area contributed by atoms with Crippen molar-refractivity contribution in [3.8, 4) is 5.69 Å². The Morgan fingerprint density at radius 3 is 2.32 bits per heavy atom. The fourth-order valence-corrected chi connectivity index (χ4v) is 2.62. The molecule has 2 aromatic carbocycles. The van der Waals surface area contributed by atoms with Crippen LogP contribution in [0.25, 0.3) is 16.6 Å². The predicted molar refractivity (Wildman–Crippen MR) is 89.8 cm³/mol. The summed E-state index contributed by atoms with van der Waals surface area (Å²) < 4.78 is 39.7. The van der Waals surface area contributed by atoms with Gasteiger partial charge in [0.05, 0.1) is 28.2 Å². The van der Waals surface area contributed by atoms with E-state index in [1.54, 1.807) is 31.3 Å². The fraction of sp³-hybridized carbons (Fsp3) is 0.222. The van der Waals surface area contributed by atoms with Gasteiger partial charge in [0.1, 0.15) is 5.82 Å². The molecule has 1 unspecified atom stereocenters. The van der Waals surface area contributed by atoms with Crippen LogP contribution in [0.3, 0.4) is 0 Å². The summed E-state index contributed by atoms with van der Waals surface area (Å²) in [6, 6.07) is 11.1. The minimum Gasteiger partial charge on any atom is -0.311 e. The first-order chi connectivity index (χ1) is 11.8. The first-order valence-electron chi connectivity index (χ1n) is 7.69. The van der Waals surface area contributed by atoms with E-state index in [1.807, 2.05) is 6.92 Å². The Balaban J connectivity index is 2.27. The number of nitrogens with zero attached hydrogens (tertiary/aromatic N) is 2. The summed E-state index contributed by atoms with van der Waals surface area (Å²) in [5, 5.41) is 3.43. The lowest BCUT2D eigenvalue weighted by molar-refractivity contribution is -0.137. The quantitative estimate of drug-likeness (QED) is 0.786. The molecule has 1 atom stereocenters. The summed E-state index contributed by atoms with van der Waals surface area (Å²) in [6.45, 7) is 1.83. The van der Waals surface area contributed by atoms with Crippen molar-refractivity contribution in [2.45, 2.75) is 19.1 Å². The molecule has 4 nitrogen and oxygen atoms in total. The molecule has 7 heteroatoms. The topological polar surface area (TPSA) is 46.9 Å². The Morgan fingerprint density at radius 2 is 1.72 bits per heavy atom. The van der Waals surface area contributed by atoms with Crippen molar-refractivity contribution in [2.75, 3.05) is 7.05 Å². The number of benzene rings is 2. The van der Waals surface area contributed by atoms with Crippen LogP contribution in [0.4, 0.5) is 13.2 Å². The highest BCUT2D eigenvalue weighted by Gasteiger charge is 2.30. The van der Waals surface area contributed by atoms with E-state index in [-0.39, 0.29) is 11.6 Å². The van der Waals surface area contributed by atoms with E-state index in [0.717, 1.165) is 12.1 Å². The largest absolute Gasteiger partial charge is 0.416 e. The van der Waals surface area contributed by atoms with E-state index in [1.165, 1.54) is 16.7 Å². The molecule has 1 N–H and O–H groups in total. The number of fused-ring (bicyclic) bond motifs is 1. The maximum Gasteiger partial charge on any atom is 0.416 e. The van der Waals surface area contributed by atoms with Crippen molar-refractivity contribution in [2.24, 2.45) is 0 Å². The number of rotatable bonds is 3. The van der Waals surface area contributed by atoms with Gasteiger partial charge in [0.2, 0.25) is 0 Å². The Bertz CT molecular complexity index is 962. The minimum atomic E-state index is -4.42. The molecule has 0 amide bonds. The van der Waals surface area contributed by atoms with Crippen LogP contribution in [-0.4, -0.2) is 16.6 Å². The Labute approximate surface area is 141 Å². The maximum atomic E-state index is 12.9. The van der Waals surface area contributed by atoms with E-state index < -0.39 is 11.7 Å². The van der Waals surface area contributed by atoms with Gasteiger partial charge in [0, 0.05) is 0 Å². The molecule has 0 aliphatic heterocycles. The molecular formula is C18H16F3N3O. The monoisotopic (exact) mass is 347 g/mol. The van der Waals surface area contributed by atoms with Gasteiger partial charge in [0.15, 0.2) is 0 Å². The second-order valence-corrected chi connectivity index (χ2v) is 5.68. The molecule has 0 spiro atoms. The molecule has 0 radical (unpaired) electrons. The standard InChI is InChI=1S/C18H16F3N3O/c1-11(22-2)16-23-15-6-4-3-5-14(15)17(25)24(16)13-9-7-12(8-10-13)18(19,20)21/h3-11,22H,1-2H3. The van der Waals surface area contributed by atoms with E-state index in [2.05, 4.69) is 10.3 Å². The second kappa shape index (κ2) is 6.33. The van der Waals surface area contributed by atoms with Gasteiger partial charge < -0.3 is 5.32 Å². The highest BCUT2D eigenvalue weighted by atomic mass is 19.4. The maximum absolute atomic E-state index is 12.9. The fourth-order valence-electron chi connectivity index (χ4n) is 2.62. The van der Waals surface area contributed by atoms with Crippen molar-refractivity contribution in [1.82, 2.24) is 14.9 Å². The molecule has 3 aromatic rings. The number of hydrogen-bond acceptors (Lipinski definition) is 3. The van der Waals surface area contributed by atoms with E-state index >= 15 is 0 Å². The van der Waals surface area contributed by atoms with Crippen LogP contribution in [-0.2, 0) is 6.18 Å². The number of halogens is 3. The molecule has 1 heterocycles. The van der Waals surface area contributed by atoms with E-state index in [4.69, 9.17) is 0 Å². The Morgan fingerprint density at radius 1 is 1.08 bits per heavy atom. The normalized spacial score (nSPS) is 13.2. The zero-order valence-corrected chi connectivity index (χ0v) is 13.6. The van der Waals surface area contributed by atoms with Gasteiger partial charge in [-0.2, -0.15) is 13.2 Å². The summed E-state index contributed by atoms with van der Waals surface area (Å²) in [5.74, 6) is 0.436. The number of nitrogens with one attached hydrogen (secondary N) is 1. The third-order valence-electron chi connectivity index (χ3n) is 4.07. The highest BCUT2D eigenvalue weighted by molar-refractivity contribution is 5.77. The minimum absolute atomic E-state index is 0.264. The van der Waals surface area contributed by atoms with E-state index in [9.17, 15) is 18.0 Å². The third-order valence-corrected chi connectivity index (χ3v) is 4.07. The molecule has 0 bridgehead atoms. The van der Waals surface area contributed by atoms with Crippen LogP contribution in [0.2, 0.25) is 0 Å².